The molecule has 2 unspecified atom stereocenters. The van der Waals surface area contributed by atoms with Gasteiger partial charge in [-0.15, -0.1) is 4.48 Å². The Labute approximate surface area is 237 Å². The number of hydrogen-bond acceptors (Lipinski definition) is 10. The first-order valence-corrected chi connectivity index (χ1v) is 13.1. The van der Waals surface area contributed by atoms with Gasteiger partial charge in [0.1, 0.15) is 19.1 Å². The first-order chi connectivity index (χ1) is 19.6. The number of carbonyl (C=O) groups is 6. The number of Topliss-reactive ketones (excluding diaryl/α,β-unsaturated/α-hetero) is 1. The Hall–Kier alpha value is -4.26. The molecule has 1 aliphatic rings. The number of ether oxygens (including phenoxy) is 3. The molecule has 0 bridgehead atoms. The lowest BCUT2D eigenvalue weighted by Gasteiger charge is -2.34. The first kappa shape index (κ1) is 31.3. The maximum absolute atomic E-state index is 13.5. The van der Waals surface area contributed by atoms with Gasteiger partial charge in [-0.2, -0.15) is 0 Å². The maximum atomic E-state index is 13.5. The number of benzene rings is 2. The molecule has 0 aliphatic carbocycles. The predicted octanol–water partition coefficient (Wildman–Crippen LogP) is 1.65. The van der Waals surface area contributed by atoms with Crippen LogP contribution in [0.1, 0.15) is 42.1 Å². The van der Waals surface area contributed by atoms with Crippen LogP contribution in [0.4, 0.5) is 4.79 Å². The van der Waals surface area contributed by atoms with Crippen molar-refractivity contribution in [2.45, 2.75) is 51.0 Å². The number of amides is 4. The Morgan fingerprint density at radius 2 is 1.63 bits per heavy atom. The van der Waals surface area contributed by atoms with Gasteiger partial charge in [0.2, 0.25) is 6.04 Å². The molecule has 218 valence electrons. The summed E-state index contributed by atoms with van der Waals surface area (Å²) in [5.41, 5.74) is 6.91. The van der Waals surface area contributed by atoms with Gasteiger partial charge in [0.05, 0.1) is 0 Å². The molecule has 0 aromatic heterocycles. The second kappa shape index (κ2) is 14.4. The highest BCUT2D eigenvalue weighted by Gasteiger charge is 2.67. The molecule has 1 aliphatic heterocycles. The molecular formula is C29H34N3O9+. The molecule has 0 spiro atoms. The topological polar surface area (TPSA) is 168 Å². The number of nitrogens with zero attached hydrogens (tertiary/aromatic N) is 1. The van der Waals surface area contributed by atoms with Gasteiger partial charge >= 0.3 is 29.8 Å². The third-order valence-corrected chi connectivity index (χ3v) is 6.72. The largest absolute Gasteiger partial charge is 0.453 e. The molecule has 12 nitrogen and oxygen atoms in total. The van der Waals surface area contributed by atoms with E-state index >= 15 is 0 Å². The minimum atomic E-state index is -1.65. The number of nitrogens with one attached hydrogen (secondary N) is 1. The van der Waals surface area contributed by atoms with Crippen LogP contribution in [0.2, 0.25) is 0 Å². The van der Waals surface area contributed by atoms with Crippen LogP contribution in [0.15, 0.2) is 60.7 Å². The molecule has 0 radical (unpaired) electrons. The van der Waals surface area contributed by atoms with Gasteiger partial charge in [-0.3, -0.25) is 4.79 Å². The number of imide groups is 3. The van der Waals surface area contributed by atoms with Crippen molar-refractivity contribution >= 4 is 35.6 Å². The molecule has 1 heterocycles. The molecular weight excluding hydrogens is 534 g/mol. The molecule has 41 heavy (non-hydrogen) atoms. The summed E-state index contributed by atoms with van der Waals surface area (Å²) in [5, 5.41) is 2.54. The third-order valence-electron chi connectivity index (χ3n) is 6.72. The van der Waals surface area contributed by atoms with Gasteiger partial charge in [0.25, 0.3) is 0 Å². The quantitative estimate of drug-likeness (QED) is 0.119. The van der Waals surface area contributed by atoms with Crippen molar-refractivity contribution in [3.8, 4) is 0 Å². The van der Waals surface area contributed by atoms with E-state index in [1.165, 1.54) is 14.0 Å². The Balaban J connectivity index is 1.77. The highest BCUT2D eigenvalue weighted by atomic mass is 16.5. The van der Waals surface area contributed by atoms with E-state index in [2.05, 4.69) is 5.32 Å². The Bertz CT molecular complexity index is 1270. The molecule has 4 amide bonds. The zero-order valence-corrected chi connectivity index (χ0v) is 22.9. The number of alkyl carbamates (subject to hydrolysis) is 1. The lowest BCUT2D eigenvalue weighted by molar-refractivity contribution is -0.719. The summed E-state index contributed by atoms with van der Waals surface area (Å²) in [6, 6.07) is 14.2. The summed E-state index contributed by atoms with van der Waals surface area (Å²) in [4.78, 5) is 78.3. The zero-order chi connectivity index (χ0) is 30.0. The predicted molar refractivity (Wildman–Crippen MR) is 144 cm³/mol. The second-order valence-electron chi connectivity index (χ2n) is 9.55. The molecule has 2 aromatic rings. The summed E-state index contributed by atoms with van der Waals surface area (Å²) in [6.45, 7) is 0.657. The molecule has 12 heteroatoms. The average Bonchev–Trinajstić information content (AvgIpc) is 3.24. The van der Waals surface area contributed by atoms with Crippen LogP contribution < -0.4 is 11.1 Å². The van der Waals surface area contributed by atoms with E-state index in [1.54, 1.807) is 54.6 Å². The minimum absolute atomic E-state index is 0.0111. The fraction of sp³-hybridized carbons (Fsp3) is 0.379. The minimum Gasteiger partial charge on any atom is -0.453 e. The van der Waals surface area contributed by atoms with E-state index in [0.29, 0.717) is 5.56 Å². The number of hydrogen-bond donors (Lipinski definition) is 2. The summed E-state index contributed by atoms with van der Waals surface area (Å²) in [5.74, 6) is -4.42. The van der Waals surface area contributed by atoms with Crippen molar-refractivity contribution in [2.24, 2.45) is 5.73 Å². The molecule has 4 atom stereocenters. The Morgan fingerprint density at radius 3 is 2.22 bits per heavy atom. The molecule has 3 N–H and O–H groups in total. The van der Waals surface area contributed by atoms with E-state index in [9.17, 15) is 28.8 Å². The van der Waals surface area contributed by atoms with Crippen molar-refractivity contribution in [1.29, 1.82) is 0 Å². The third kappa shape index (κ3) is 7.28. The van der Waals surface area contributed by atoms with E-state index < -0.39 is 71.3 Å². The summed E-state index contributed by atoms with van der Waals surface area (Å²) in [7, 11) is 1.21. The highest BCUT2D eigenvalue weighted by molar-refractivity contribution is 6.08. The molecule has 0 saturated carbocycles. The smallest absolute Gasteiger partial charge is 0.407 e. The lowest BCUT2D eigenvalue weighted by atomic mass is 10.0. The number of carbonyl (C=O) groups excluding carboxylic acids is 6. The van der Waals surface area contributed by atoms with E-state index in [0.717, 1.165) is 5.56 Å². The van der Waals surface area contributed by atoms with Crippen molar-refractivity contribution in [1.82, 2.24) is 5.32 Å². The monoisotopic (exact) mass is 568 g/mol. The first-order valence-electron chi connectivity index (χ1n) is 13.1. The van der Waals surface area contributed by atoms with E-state index in [-0.39, 0.29) is 26.0 Å². The molecule has 3 rings (SSSR count). The number of nitrogens with two attached hydrogens (primary N) is 1. The molecule has 1 fully saturated rings. The van der Waals surface area contributed by atoms with Crippen LogP contribution in [0.5, 0.6) is 0 Å². The van der Waals surface area contributed by atoms with E-state index in [1.807, 2.05) is 6.07 Å². The number of methoxy groups -OCH3 is 1. The standard InChI is InChI=1S/C29H33N3O9/c1-19(30)26(35)32(25(34)16-24(39-2)27(32)36)22(28(37)40-18-23(33)21-12-7-4-8-13-21)14-9-15-31-29(38)41-17-20-10-5-3-6-11-20/h3-8,10-13,19,22,24H,9,14-18,30H2,1-2H3/p+1/t19-,22-,24?,32?/m0/s1. The van der Waals surface area contributed by atoms with Crippen LogP contribution in [0.3, 0.4) is 0 Å². The lowest BCUT2D eigenvalue weighted by Crippen LogP contribution is -2.69. The zero-order valence-electron chi connectivity index (χ0n) is 22.9. The van der Waals surface area contributed by atoms with Crippen LogP contribution in [0, 0.1) is 0 Å². The van der Waals surface area contributed by atoms with Gasteiger partial charge in [0, 0.05) is 25.6 Å². The Kier molecular flexibility index (Phi) is 11.0. The number of esters is 1. The van der Waals surface area contributed by atoms with Crippen LogP contribution >= 0.6 is 0 Å². The van der Waals surface area contributed by atoms with Crippen molar-refractivity contribution in [2.75, 3.05) is 20.3 Å². The molecule has 2 aromatic carbocycles. The van der Waals surface area contributed by atoms with Gasteiger partial charge in [-0.05, 0) is 18.9 Å². The van der Waals surface area contributed by atoms with Gasteiger partial charge in [-0.1, -0.05) is 60.7 Å². The second-order valence-corrected chi connectivity index (χ2v) is 9.55. The normalized spacial score (nSPS) is 19.7. The van der Waals surface area contributed by atoms with Gasteiger partial charge in [-0.25, -0.2) is 24.0 Å². The van der Waals surface area contributed by atoms with Crippen LogP contribution in [-0.2, 0) is 40.0 Å². The van der Waals surface area contributed by atoms with E-state index in [4.69, 9.17) is 19.9 Å². The molecule has 1 saturated heterocycles. The van der Waals surface area contributed by atoms with Crippen LogP contribution in [-0.4, -0.2) is 78.5 Å². The number of ketones is 1. The van der Waals surface area contributed by atoms with Gasteiger partial charge in [0.15, 0.2) is 18.5 Å². The van der Waals surface area contributed by atoms with Crippen molar-refractivity contribution < 1.29 is 47.5 Å². The van der Waals surface area contributed by atoms with Crippen molar-refractivity contribution in [3.63, 3.8) is 0 Å². The van der Waals surface area contributed by atoms with Crippen molar-refractivity contribution in [3.05, 3.63) is 71.8 Å². The summed E-state index contributed by atoms with van der Waals surface area (Å²) < 4.78 is 14.0. The fourth-order valence-corrected chi connectivity index (χ4v) is 4.63. The number of rotatable bonds is 13. The average molecular weight is 569 g/mol. The SMILES string of the molecule is COC1CC(=O)[N+](C(=O)[C@H](C)N)([C@@H](CCCNC(=O)OCc2ccccc2)C(=O)OCC(=O)c2ccccc2)C1=O. The highest BCUT2D eigenvalue weighted by Crippen LogP contribution is 2.33. The number of likely N-dealkylation sites (tertiary alicyclic amines) is 1. The fourth-order valence-electron chi connectivity index (χ4n) is 4.63. The summed E-state index contributed by atoms with van der Waals surface area (Å²) >= 11 is 0. The Morgan fingerprint density at radius 1 is 1.00 bits per heavy atom. The summed E-state index contributed by atoms with van der Waals surface area (Å²) in [6.07, 6.45) is -2.60. The maximum Gasteiger partial charge on any atom is 0.407 e. The van der Waals surface area contributed by atoms with Crippen LogP contribution in [0.25, 0.3) is 0 Å². The van der Waals surface area contributed by atoms with Gasteiger partial charge < -0.3 is 25.3 Å². The number of quaternary nitrogens is 1.